The summed E-state index contributed by atoms with van der Waals surface area (Å²) in [5.74, 6) is 2.38. The molecule has 5 rings (SSSR count). The number of carbonyl (C=O) groups is 1. The van der Waals surface area contributed by atoms with Gasteiger partial charge in [0, 0.05) is 11.3 Å². The first-order valence-corrected chi connectivity index (χ1v) is 10.7. The minimum absolute atomic E-state index is 0.113. The van der Waals surface area contributed by atoms with Crippen LogP contribution in [0.1, 0.15) is 5.76 Å². The lowest BCUT2D eigenvalue weighted by Gasteiger charge is -2.10. The number of amides is 1. The quantitative estimate of drug-likeness (QED) is 0.263. The summed E-state index contributed by atoms with van der Waals surface area (Å²) >= 11 is 1.26. The first kappa shape index (κ1) is 19.9. The van der Waals surface area contributed by atoms with E-state index in [1.807, 2.05) is 53.1 Å². The molecule has 0 aliphatic carbocycles. The fourth-order valence-electron chi connectivity index (χ4n) is 3.09. The number of thioether (sulfide) groups is 1. The van der Waals surface area contributed by atoms with Crippen LogP contribution < -0.4 is 14.9 Å². The van der Waals surface area contributed by atoms with Crippen molar-refractivity contribution in [3.8, 4) is 28.6 Å². The number of para-hydroxylation sites is 1. The van der Waals surface area contributed by atoms with Crippen molar-refractivity contribution in [3.05, 3.63) is 72.7 Å². The molecule has 4 aromatic rings. The number of hydrazone groups is 1. The van der Waals surface area contributed by atoms with E-state index in [0.29, 0.717) is 28.2 Å². The lowest BCUT2D eigenvalue weighted by molar-refractivity contribution is -0.118. The summed E-state index contributed by atoms with van der Waals surface area (Å²) in [6, 6.07) is 18.8. The summed E-state index contributed by atoms with van der Waals surface area (Å²) in [6.45, 7) is 0.197. The summed E-state index contributed by atoms with van der Waals surface area (Å²) in [6.07, 6.45) is 2.97. The highest BCUT2D eigenvalue weighted by Gasteiger charge is 2.20. The largest absolute Gasteiger partial charge is 0.463 e. The summed E-state index contributed by atoms with van der Waals surface area (Å²) in [5.41, 5.74) is 4.18. The third kappa shape index (κ3) is 4.21. The van der Waals surface area contributed by atoms with Gasteiger partial charge in [0.1, 0.15) is 5.76 Å². The van der Waals surface area contributed by atoms with Gasteiger partial charge < -0.3 is 13.9 Å². The third-order valence-corrected chi connectivity index (χ3v) is 5.46. The average molecular weight is 447 g/mol. The van der Waals surface area contributed by atoms with Gasteiger partial charge in [0.15, 0.2) is 22.5 Å². The number of furan rings is 1. The highest BCUT2D eigenvalue weighted by Crippen LogP contribution is 2.36. The van der Waals surface area contributed by atoms with Gasteiger partial charge in [0.25, 0.3) is 5.91 Å². The summed E-state index contributed by atoms with van der Waals surface area (Å²) in [5, 5.41) is 13.2. The Labute approximate surface area is 187 Å². The average Bonchev–Trinajstić information content (AvgIpc) is 3.58. The van der Waals surface area contributed by atoms with E-state index in [2.05, 4.69) is 20.7 Å². The van der Waals surface area contributed by atoms with Gasteiger partial charge in [0.05, 0.1) is 18.2 Å². The molecular formula is C22H17N5O4S. The Bertz CT molecular complexity index is 1250. The minimum Gasteiger partial charge on any atom is -0.463 e. The zero-order valence-corrected chi connectivity index (χ0v) is 17.5. The molecular weight excluding hydrogens is 430 g/mol. The normalized spacial score (nSPS) is 12.4. The number of benzene rings is 2. The topological polar surface area (TPSA) is 104 Å². The van der Waals surface area contributed by atoms with Crippen LogP contribution in [0.5, 0.6) is 11.5 Å². The zero-order chi connectivity index (χ0) is 21.8. The predicted molar refractivity (Wildman–Crippen MR) is 118 cm³/mol. The van der Waals surface area contributed by atoms with Gasteiger partial charge in [-0.2, -0.15) is 5.10 Å². The predicted octanol–water partition coefficient (Wildman–Crippen LogP) is 3.50. The number of aromatic nitrogens is 3. The Morgan fingerprint density at radius 3 is 2.81 bits per heavy atom. The number of ether oxygens (including phenoxy) is 2. The van der Waals surface area contributed by atoms with Crippen molar-refractivity contribution in [2.45, 2.75) is 5.16 Å². The van der Waals surface area contributed by atoms with Crippen LogP contribution >= 0.6 is 11.8 Å². The molecule has 0 saturated heterocycles. The number of nitrogens with one attached hydrogen (secondary N) is 1. The van der Waals surface area contributed by atoms with Gasteiger partial charge in [-0.3, -0.25) is 9.36 Å². The molecule has 2 aromatic carbocycles. The van der Waals surface area contributed by atoms with Crippen LogP contribution in [0.4, 0.5) is 0 Å². The van der Waals surface area contributed by atoms with E-state index in [-0.39, 0.29) is 18.5 Å². The molecule has 0 bridgehead atoms. The van der Waals surface area contributed by atoms with Crippen molar-refractivity contribution in [2.24, 2.45) is 5.10 Å². The summed E-state index contributed by atoms with van der Waals surface area (Å²) < 4.78 is 17.9. The maximum atomic E-state index is 12.2. The Morgan fingerprint density at radius 2 is 1.97 bits per heavy atom. The molecule has 2 aromatic heterocycles. The van der Waals surface area contributed by atoms with Gasteiger partial charge in [-0.25, -0.2) is 5.43 Å². The van der Waals surface area contributed by atoms with E-state index in [0.717, 1.165) is 11.3 Å². The molecule has 1 aliphatic heterocycles. The van der Waals surface area contributed by atoms with Crippen LogP contribution in [0.2, 0.25) is 0 Å². The SMILES string of the molecule is O=C(CSc1nnc(-c2ccc3c(c2)OCO3)n1-c1ccccc1)N/N=C/c1ccco1. The van der Waals surface area contributed by atoms with Crippen molar-refractivity contribution in [1.82, 2.24) is 20.2 Å². The number of nitrogens with zero attached hydrogens (tertiary/aromatic N) is 4. The van der Waals surface area contributed by atoms with Crippen molar-refractivity contribution < 1.29 is 18.7 Å². The molecule has 32 heavy (non-hydrogen) atoms. The van der Waals surface area contributed by atoms with E-state index < -0.39 is 0 Å². The maximum absolute atomic E-state index is 12.2. The molecule has 1 amide bonds. The number of fused-ring (bicyclic) bond motifs is 1. The molecule has 0 spiro atoms. The van der Waals surface area contributed by atoms with Crippen molar-refractivity contribution in [3.63, 3.8) is 0 Å². The number of hydrogen-bond donors (Lipinski definition) is 1. The molecule has 160 valence electrons. The van der Waals surface area contributed by atoms with Gasteiger partial charge in [-0.05, 0) is 42.5 Å². The minimum atomic E-state index is -0.273. The molecule has 0 saturated carbocycles. The van der Waals surface area contributed by atoms with Crippen LogP contribution in [-0.4, -0.2) is 39.4 Å². The standard InChI is InChI=1S/C22H17N5O4S/c28-20(24-23-12-17-7-4-10-29-17)13-32-22-26-25-21(27(22)16-5-2-1-3-6-16)15-8-9-18-19(11-15)31-14-30-18/h1-12H,13-14H2,(H,24,28)/b23-12+. The van der Waals surface area contributed by atoms with Crippen molar-refractivity contribution in [2.75, 3.05) is 12.5 Å². The molecule has 1 N–H and O–H groups in total. The Hall–Kier alpha value is -4.05. The second-order valence-electron chi connectivity index (χ2n) is 6.64. The molecule has 9 nitrogen and oxygen atoms in total. The smallest absolute Gasteiger partial charge is 0.250 e. The van der Waals surface area contributed by atoms with Gasteiger partial charge >= 0.3 is 0 Å². The zero-order valence-electron chi connectivity index (χ0n) is 16.7. The van der Waals surface area contributed by atoms with E-state index in [1.165, 1.54) is 24.2 Å². The van der Waals surface area contributed by atoms with Crippen molar-refractivity contribution in [1.29, 1.82) is 0 Å². The summed E-state index contributed by atoms with van der Waals surface area (Å²) in [4.78, 5) is 12.2. The second-order valence-corrected chi connectivity index (χ2v) is 7.58. The molecule has 0 fully saturated rings. The lowest BCUT2D eigenvalue weighted by Crippen LogP contribution is -2.19. The van der Waals surface area contributed by atoms with E-state index in [9.17, 15) is 4.79 Å². The van der Waals surface area contributed by atoms with Crippen LogP contribution in [0.15, 0.2) is 81.6 Å². The molecule has 0 atom stereocenters. The Balaban J connectivity index is 1.37. The highest BCUT2D eigenvalue weighted by atomic mass is 32.2. The van der Waals surface area contributed by atoms with Crippen LogP contribution in [0.25, 0.3) is 17.1 Å². The molecule has 0 unspecified atom stereocenters. The molecule has 0 radical (unpaired) electrons. The number of hydrogen-bond acceptors (Lipinski definition) is 8. The number of rotatable bonds is 7. The monoisotopic (exact) mass is 447 g/mol. The first-order valence-electron chi connectivity index (χ1n) is 9.67. The fraction of sp³-hybridized carbons (Fsp3) is 0.0909. The van der Waals surface area contributed by atoms with Crippen LogP contribution in [-0.2, 0) is 4.79 Å². The first-order chi connectivity index (χ1) is 15.8. The summed E-state index contributed by atoms with van der Waals surface area (Å²) in [7, 11) is 0. The molecule has 1 aliphatic rings. The van der Waals surface area contributed by atoms with Gasteiger partial charge in [-0.1, -0.05) is 30.0 Å². The highest BCUT2D eigenvalue weighted by molar-refractivity contribution is 7.99. The van der Waals surface area contributed by atoms with Gasteiger partial charge in [0.2, 0.25) is 6.79 Å². The van der Waals surface area contributed by atoms with Crippen LogP contribution in [0, 0.1) is 0 Å². The van der Waals surface area contributed by atoms with Crippen molar-refractivity contribution >= 4 is 23.9 Å². The molecule has 3 heterocycles. The van der Waals surface area contributed by atoms with Crippen LogP contribution in [0.3, 0.4) is 0 Å². The second kappa shape index (κ2) is 8.98. The fourth-order valence-corrected chi connectivity index (χ4v) is 3.84. The Kier molecular flexibility index (Phi) is 5.58. The number of carbonyl (C=O) groups excluding carboxylic acids is 1. The molecule has 10 heteroatoms. The maximum Gasteiger partial charge on any atom is 0.250 e. The van der Waals surface area contributed by atoms with E-state index in [4.69, 9.17) is 13.9 Å². The Morgan fingerprint density at radius 1 is 1.09 bits per heavy atom. The van der Waals surface area contributed by atoms with E-state index >= 15 is 0 Å². The van der Waals surface area contributed by atoms with Gasteiger partial charge in [-0.15, -0.1) is 10.2 Å². The van der Waals surface area contributed by atoms with E-state index in [1.54, 1.807) is 12.1 Å². The lowest BCUT2D eigenvalue weighted by atomic mass is 10.2. The third-order valence-electron chi connectivity index (χ3n) is 4.54.